The van der Waals surface area contributed by atoms with E-state index >= 15 is 0 Å². The first kappa shape index (κ1) is 15.4. The lowest BCUT2D eigenvalue weighted by Gasteiger charge is -2.06. The average Bonchev–Trinajstić information content (AvgIpc) is 2.46. The first-order valence-electron chi connectivity index (χ1n) is 6.45. The highest BCUT2D eigenvalue weighted by Crippen LogP contribution is 2.24. The summed E-state index contributed by atoms with van der Waals surface area (Å²) in [6, 6.07) is 11.3. The molecule has 2 aromatic rings. The van der Waals surface area contributed by atoms with Crippen LogP contribution < -0.4 is 5.32 Å². The zero-order chi connectivity index (χ0) is 15.2. The summed E-state index contributed by atoms with van der Waals surface area (Å²) in [7, 11) is 0. The van der Waals surface area contributed by atoms with E-state index in [9.17, 15) is 14.5 Å². The van der Waals surface area contributed by atoms with Crippen LogP contribution in [-0.2, 0) is 13.0 Å². The summed E-state index contributed by atoms with van der Waals surface area (Å²) in [4.78, 5) is 10.3. The summed E-state index contributed by atoms with van der Waals surface area (Å²) in [5.74, 6) is -0.221. The minimum absolute atomic E-state index is 0.106. The van der Waals surface area contributed by atoms with Crippen LogP contribution in [0.5, 0.6) is 0 Å². The number of nitrogens with zero attached hydrogens (tertiary/aromatic N) is 1. The Labute approximate surface area is 126 Å². The lowest BCUT2D eigenvalue weighted by molar-refractivity contribution is -0.384. The smallest absolute Gasteiger partial charge is 0.288 e. The van der Waals surface area contributed by atoms with E-state index in [2.05, 4.69) is 5.32 Å². The molecule has 0 spiro atoms. The third-order valence-corrected chi connectivity index (χ3v) is 3.38. The van der Waals surface area contributed by atoms with Crippen LogP contribution in [0.1, 0.15) is 11.1 Å². The van der Waals surface area contributed by atoms with Crippen molar-refractivity contribution >= 4 is 17.3 Å². The van der Waals surface area contributed by atoms with Crippen LogP contribution in [0.3, 0.4) is 0 Å². The molecule has 0 aliphatic heterocycles. The minimum atomic E-state index is -0.509. The Kier molecular flexibility index (Phi) is 5.25. The summed E-state index contributed by atoms with van der Waals surface area (Å²) >= 11 is 5.75. The fourth-order valence-corrected chi connectivity index (χ4v) is 2.15. The summed E-state index contributed by atoms with van der Waals surface area (Å²) in [5, 5.41) is 14.0. The van der Waals surface area contributed by atoms with Crippen molar-refractivity contribution in [2.24, 2.45) is 0 Å². The van der Waals surface area contributed by atoms with E-state index in [4.69, 9.17) is 11.6 Å². The molecule has 0 amide bonds. The molecule has 0 fully saturated rings. The van der Waals surface area contributed by atoms with Crippen molar-refractivity contribution in [3.05, 3.63) is 74.5 Å². The fourth-order valence-electron chi connectivity index (χ4n) is 1.97. The van der Waals surface area contributed by atoms with Crippen molar-refractivity contribution in [3.8, 4) is 0 Å². The molecule has 0 saturated carbocycles. The van der Waals surface area contributed by atoms with Crippen LogP contribution in [0.4, 0.5) is 10.1 Å². The number of hydrogen-bond donors (Lipinski definition) is 1. The Morgan fingerprint density at radius 3 is 2.71 bits per heavy atom. The van der Waals surface area contributed by atoms with Gasteiger partial charge in [-0.2, -0.15) is 0 Å². The van der Waals surface area contributed by atoms with Crippen LogP contribution in [0, 0.1) is 15.9 Å². The molecule has 0 aliphatic rings. The van der Waals surface area contributed by atoms with Crippen LogP contribution in [0.2, 0.25) is 5.02 Å². The van der Waals surface area contributed by atoms with Gasteiger partial charge >= 0.3 is 0 Å². The molecule has 0 aliphatic carbocycles. The van der Waals surface area contributed by atoms with Crippen LogP contribution in [0.15, 0.2) is 42.5 Å². The van der Waals surface area contributed by atoms with Gasteiger partial charge in [0, 0.05) is 12.6 Å². The van der Waals surface area contributed by atoms with E-state index in [1.807, 2.05) is 0 Å². The van der Waals surface area contributed by atoms with Crippen molar-refractivity contribution in [1.82, 2.24) is 5.32 Å². The number of rotatable bonds is 6. The average molecular weight is 309 g/mol. The van der Waals surface area contributed by atoms with E-state index in [0.717, 1.165) is 5.56 Å². The molecule has 0 aromatic heterocycles. The number of halogens is 2. The second-order valence-corrected chi connectivity index (χ2v) is 4.97. The maximum Gasteiger partial charge on any atom is 0.288 e. The number of nitro groups is 1. The predicted octanol–water partition coefficient (Wildman–Crippen LogP) is 3.72. The van der Waals surface area contributed by atoms with Gasteiger partial charge in [0.2, 0.25) is 0 Å². The maximum atomic E-state index is 13.4. The first-order chi connectivity index (χ1) is 10.1. The van der Waals surface area contributed by atoms with E-state index in [0.29, 0.717) is 25.1 Å². The van der Waals surface area contributed by atoms with E-state index in [1.54, 1.807) is 24.3 Å². The molecule has 0 bridgehead atoms. The van der Waals surface area contributed by atoms with Gasteiger partial charge in [0.15, 0.2) is 0 Å². The second-order valence-electron chi connectivity index (χ2n) is 4.56. The van der Waals surface area contributed by atoms with Gasteiger partial charge in [0.25, 0.3) is 5.69 Å². The van der Waals surface area contributed by atoms with Crippen LogP contribution in [-0.4, -0.2) is 11.5 Å². The van der Waals surface area contributed by atoms with E-state index in [-0.39, 0.29) is 16.5 Å². The van der Waals surface area contributed by atoms with Gasteiger partial charge in [0.1, 0.15) is 10.8 Å². The topological polar surface area (TPSA) is 55.2 Å². The van der Waals surface area contributed by atoms with Crippen molar-refractivity contribution in [2.45, 2.75) is 13.0 Å². The third kappa shape index (κ3) is 4.24. The molecule has 0 saturated heterocycles. The second kappa shape index (κ2) is 7.15. The molecule has 0 heterocycles. The van der Waals surface area contributed by atoms with Crippen molar-refractivity contribution in [1.29, 1.82) is 0 Å². The maximum absolute atomic E-state index is 13.4. The van der Waals surface area contributed by atoms with Crippen LogP contribution in [0.25, 0.3) is 0 Å². The molecule has 1 N–H and O–H groups in total. The standard InChI is InChI=1S/C15H14ClFN2O2/c16-13-6-5-11(9-15(13)19(20)21)10-18-8-7-12-3-1-2-4-14(12)17/h1-6,9,18H,7-8,10H2. The quantitative estimate of drug-likeness (QED) is 0.503. The van der Waals surface area contributed by atoms with Gasteiger partial charge in [0.05, 0.1) is 4.92 Å². The largest absolute Gasteiger partial charge is 0.312 e. The van der Waals surface area contributed by atoms with E-state index in [1.165, 1.54) is 18.2 Å². The van der Waals surface area contributed by atoms with Crippen molar-refractivity contribution in [2.75, 3.05) is 6.54 Å². The summed E-state index contributed by atoms with van der Waals surface area (Å²) in [6.07, 6.45) is 0.558. The molecule has 2 aromatic carbocycles. The Hall–Kier alpha value is -1.98. The predicted molar refractivity (Wildman–Crippen MR) is 79.9 cm³/mol. The molecule has 4 nitrogen and oxygen atoms in total. The Balaban J connectivity index is 1.88. The highest BCUT2D eigenvalue weighted by molar-refractivity contribution is 6.32. The zero-order valence-corrected chi connectivity index (χ0v) is 11.9. The number of benzene rings is 2. The minimum Gasteiger partial charge on any atom is -0.312 e. The van der Waals surface area contributed by atoms with Crippen molar-refractivity contribution in [3.63, 3.8) is 0 Å². The Bertz CT molecular complexity index is 649. The molecular formula is C15H14ClFN2O2. The highest BCUT2D eigenvalue weighted by Gasteiger charge is 2.12. The van der Waals surface area contributed by atoms with Crippen LogP contribution >= 0.6 is 11.6 Å². The Morgan fingerprint density at radius 2 is 2.00 bits per heavy atom. The highest BCUT2D eigenvalue weighted by atomic mass is 35.5. The molecule has 110 valence electrons. The van der Waals surface area contributed by atoms with Gasteiger partial charge in [-0.05, 0) is 36.2 Å². The third-order valence-electron chi connectivity index (χ3n) is 3.07. The summed E-state index contributed by atoms with van der Waals surface area (Å²) in [6.45, 7) is 1.05. The molecule has 0 radical (unpaired) electrons. The summed E-state index contributed by atoms with van der Waals surface area (Å²) in [5.41, 5.74) is 1.30. The molecule has 0 unspecified atom stereocenters. The molecule has 0 atom stereocenters. The van der Waals surface area contributed by atoms with Gasteiger partial charge in [-0.15, -0.1) is 0 Å². The fraction of sp³-hybridized carbons (Fsp3) is 0.200. The summed E-state index contributed by atoms with van der Waals surface area (Å²) < 4.78 is 13.4. The number of nitro benzene ring substituents is 1. The molecule has 21 heavy (non-hydrogen) atoms. The lowest BCUT2D eigenvalue weighted by atomic mass is 10.1. The SMILES string of the molecule is O=[N+]([O-])c1cc(CNCCc2ccccc2F)ccc1Cl. The molecule has 2 rings (SSSR count). The first-order valence-corrected chi connectivity index (χ1v) is 6.82. The monoisotopic (exact) mass is 308 g/mol. The van der Waals surface area contributed by atoms with Gasteiger partial charge < -0.3 is 5.32 Å². The zero-order valence-electron chi connectivity index (χ0n) is 11.2. The Morgan fingerprint density at radius 1 is 1.24 bits per heavy atom. The van der Waals surface area contributed by atoms with Gasteiger partial charge in [-0.25, -0.2) is 4.39 Å². The lowest BCUT2D eigenvalue weighted by Crippen LogP contribution is -2.17. The van der Waals surface area contributed by atoms with Gasteiger partial charge in [-0.1, -0.05) is 35.9 Å². The molecular weight excluding hydrogens is 295 g/mol. The normalized spacial score (nSPS) is 10.6. The number of nitrogens with one attached hydrogen (secondary N) is 1. The van der Waals surface area contributed by atoms with E-state index < -0.39 is 4.92 Å². The number of hydrogen-bond acceptors (Lipinski definition) is 3. The molecule has 6 heteroatoms. The van der Waals surface area contributed by atoms with Crippen molar-refractivity contribution < 1.29 is 9.31 Å². The van der Waals surface area contributed by atoms with Gasteiger partial charge in [-0.3, -0.25) is 10.1 Å².